The fraction of sp³-hybridized carbons (Fsp3) is 0.540. The lowest BCUT2D eigenvalue weighted by Crippen LogP contribution is -2.61. The number of para-hydroxylation sites is 1. The number of benzene rings is 2. The van der Waals surface area contributed by atoms with Gasteiger partial charge in [-0.15, -0.1) is 0 Å². The highest BCUT2D eigenvalue weighted by Gasteiger charge is 2.50. The topological polar surface area (TPSA) is 358 Å². The second-order valence-corrected chi connectivity index (χ2v) is 22.0. The fourth-order valence-electron chi connectivity index (χ4n) is 9.76. The SMILES string of the molecule is CC(C)[C@H](NC(=O)[C@@H]1CSSC[C@H](NC(=O)[C@@H](N)CC(=O)O)C(=O)N2C(CC3CCCCC32)C(=O)N[C@@H](Cc2c[nH]c3ccccc23)C(=O)N[C@@H](CCCCN)C(=O)N[C@@H](Cc2ccc(O)cc2)C(=O)N1)C(=O)O. The summed E-state index contributed by atoms with van der Waals surface area (Å²) in [5.74, 6) is -9.42. The zero-order valence-corrected chi connectivity index (χ0v) is 43.0. The number of carboxylic acid groups (broad SMARTS) is 2. The van der Waals surface area contributed by atoms with Crippen molar-refractivity contribution in [3.63, 3.8) is 0 Å². The van der Waals surface area contributed by atoms with Gasteiger partial charge in [-0.3, -0.25) is 38.4 Å². The van der Waals surface area contributed by atoms with E-state index in [0.717, 1.165) is 45.3 Å². The van der Waals surface area contributed by atoms with Crippen LogP contribution in [0.25, 0.3) is 10.9 Å². The Morgan fingerprint density at radius 3 is 2.16 bits per heavy atom. The number of unbranched alkanes of at least 4 members (excludes halogenated alkanes) is 1. The summed E-state index contributed by atoms with van der Waals surface area (Å²) in [6, 6.07) is 1.82. The molecule has 2 saturated heterocycles. The van der Waals surface area contributed by atoms with Crippen LogP contribution in [0.1, 0.15) is 82.8 Å². The highest BCUT2D eigenvalue weighted by atomic mass is 33.1. The van der Waals surface area contributed by atoms with Crippen LogP contribution in [0.4, 0.5) is 0 Å². The van der Waals surface area contributed by atoms with Gasteiger partial charge in [0, 0.05) is 47.5 Å². The first-order chi connectivity index (χ1) is 35.3. The van der Waals surface area contributed by atoms with Gasteiger partial charge < -0.3 is 68.6 Å². The van der Waals surface area contributed by atoms with Crippen LogP contribution in [-0.4, -0.2) is 151 Å². The Morgan fingerprint density at radius 2 is 1.46 bits per heavy atom. The fourth-order valence-corrected chi connectivity index (χ4v) is 12.1. The number of nitrogens with one attached hydrogen (secondary N) is 7. The van der Waals surface area contributed by atoms with E-state index in [1.165, 1.54) is 29.2 Å². The molecule has 14 N–H and O–H groups in total. The number of phenolic OH excluding ortho intramolecular Hbond substituents is 1. The highest BCUT2D eigenvalue weighted by Crippen LogP contribution is 2.41. The number of aromatic hydroxyl groups is 1. The smallest absolute Gasteiger partial charge is 0.326 e. The van der Waals surface area contributed by atoms with Gasteiger partial charge in [-0.05, 0) is 86.2 Å². The number of aromatic nitrogens is 1. The lowest BCUT2D eigenvalue weighted by molar-refractivity contribution is -0.144. The van der Waals surface area contributed by atoms with Crippen LogP contribution < -0.4 is 43.4 Å². The van der Waals surface area contributed by atoms with Crippen LogP contribution in [-0.2, 0) is 56.0 Å². The molecule has 3 heterocycles. The first kappa shape index (κ1) is 56.9. The number of nitrogens with zero attached hydrogens (tertiary/aromatic N) is 1. The van der Waals surface area contributed by atoms with Crippen molar-refractivity contribution < 1.29 is 58.5 Å². The van der Waals surface area contributed by atoms with Crippen molar-refractivity contribution in [2.75, 3.05) is 18.1 Å². The molecule has 1 saturated carbocycles. The average molecular weight is 1070 g/mol. The molecule has 22 nitrogen and oxygen atoms in total. The number of hydrogen-bond acceptors (Lipinski definition) is 14. The number of fused-ring (bicyclic) bond motifs is 4. The summed E-state index contributed by atoms with van der Waals surface area (Å²) in [7, 11) is 2.01. The first-order valence-corrected chi connectivity index (χ1v) is 27.5. The summed E-state index contributed by atoms with van der Waals surface area (Å²) in [4.78, 5) is 130. The van der Waals surface area contributed by atoms with Crippen LogP contribution in [0.2, 0.25) is 0 Å². The highest BCUT2D eigenvalue weighted by molar-refractivity contribution is 8.76. The number of aliphatic carboxylic acids is 2. The number of hydrogen-bond donors (Lipinski definition) is 12. The molecule has 0 radical (unpaired) electrons. The molecule has 24 heteroatoms. The summed E-state index contributed by atoms with van der Waals surface area (Å²) >= 11 is 0. The molecular formula is C50H68N10O12S2. The largest absolute Gasteiger partial charge is 0.508 e. The van der Waals surface area contributed by atoms with Crippen molar-refractivity contribution in [1.82, 2.24) is 41.8 Å². The number of nitrogens with two attached hydrogens (primary N) is 2. The van der Waals surface area contributed by atoms with Crippen molar-refractivity contribution in [2.24, 2.45) is 23.3 Å². The molecule has 7 amide bonds. The first-order valence-electron chi connectivity index (χ1n) is 25.0. The normalized spacial score (nSPS) is 25.3. The van der Waals surface area contributed by atoms with Gasteiger partial charge in [-0.1, -0.05) is 78.6 Å². The molecule has 3 unspecified atom stereocenters. The van der Waals surface area contributed by atoms with Gasteiger partial charge in [-0.25, -0.2) is 4.79 Å². The van der Waals surface area contributed by atoms with E-state index in [-0.39, 0.29) is 55.4 Å². The number of phenols is 1. The summed E-state index contributed by atoms with van der Waals surface area (Å²) in [5.41, 5.74) is 13.8. The van der Waals surface area contributed by atoms with E-state index in [9.17, 15) is 53.7 Å². The molecule has 2 aliphatic heterocycles. The van der Waals surface area contributed by atoms with Crippen LogP contribution in [0, 0.1) is 11.8 Å². The van der Waals surface area contributed by atoms with E-state index in [0.29, 0.717) is 36.8 Å². The Kier molecular flexibility index (Phi) is 20.6. The molecule has 2 aromatic carbocycles. The van der Waals surface area contributed by atoms with Crippen LogP contribution in [0.15, 0.2) is 54.7 Å². The number of carbonyl (C=O) groups is 9. The van der Waals surface area contributed by atoms with Crippen molar-refractivity contribution in [3.8, 4) is 5.75 Å². The minimum absolute atomic E-state index is 0.0538. The van der Waals surface area contributed by atoms with Crippen LogP contribution >= 0.6 is 21.6 Å². The molecule has 0 bridgehead atoms. The molecular weight excluding hydrogens is 997 g/mol. The van der Waals surface area contributed by atoms with Crippen molar-refractivity contribution >= 4 is 85.8 Å². The third-order valence-corrected chi connectivity index (χ3v) is 16.2. The van der Waals surface area contributed by atoms with E-state index in [2.05, 4.69) is 36.9 Å². The Labute approximate surface area is 436 Å². The third-order valence-electron chi connectivity index (χ3n) is 13.7. The van der Waals surface area contributed by atoms with Gasteiger partial charge in [0.2, 0.25) is 41.4 Å². The minimum Gasteiger partial charge on any atom is -0.508 e. The molecule has 10 atom stereocenters. The summed E-state index contributed by atoms with van der Waals surface area (Å²) in [5, 5.41) is 46.6. The Hall–Kier alpha value is -6.37. The second kappa shape index (κ2) is 26.7. The molecule has 402 valence electrons. The molecule has 3 aliphatic rings. The lowest BCUT2D eigenvalue weighted by atomic mass is 9.84. The van der Waals surface area contributed by atoms with Gasteiger partial charge in [0.25, 0.3) is 0 Å². The summed E-state index contributed by atoms with van der Waals surface area (Å²) in [6.07, 6.45) is 4.68. The van der Waals surface area contributed by atoms with E-state index >= 15 is 4.79 Å². The molecule has 74 heavy (non-hydrogen) atoms. The Morgan fingerprint density at radius 1 is 0.811 bits per heavy atom. The molecule has 3 aromatic rings. The van der Waals surface area contributed by atoms with Gasteiger partial charge in [0.05, 0.1) is 12.5 Å². The molecule has 0 spiro atoms. The number of carboxylic acids is 2. The summed E-state index contributed by atoms with van der Waals surface area (Å²) < 4.78 is 0. The maximum absolute atomic E-state index is 15.1. The molecule has 1 aromatic heterocycles. The Balaban J connectivity index is 1.44. The number of rotatable bonds is 16. The van der Waals surface area contributed by atoms with Crippen LogP contribution in [0.3, 0.4) is 0 Å². The quantitative estimate of drug-likeness (QED) is 0.0697. The second-order valence-electron chi connectivity index (χ2n) is 19.5. The van der Waals surface area contributed by atoms with Gasteiger partial charge in [-0.2, -0.15) is 0 Å². The zero-order chi connectivity index (χ0) is 53.6. The number of amides is 7. The number of carbonyl (C=O) groups excluding carboxylic acids is 7. The van der Waals surface area contributed by atoms with E-state index in [1.807, 2.05) is 24.3 Å². The predicted octanol–water partition coefficient (Wildman–Crippen LogP) is 0.794. The van der Waals surface area contributed by atoms with E-state index in [4.69, 9.17) is 11.5 Å². The Bertz CT molecular complexity index is 2510. The number of aromatic amines is 1. The minimum atomic E-state index is -1.55. The van der Waals surface area contributed by atoms with E-state index in [1.54, 1.807) is 20.0 Å². The van der Waals surface area contributed by atoms with Crippen molar-refractivity contribution in [3.05, 3.63) is 65.9 Å². The zero-order valence-electron chi connectivity index (χ0n) is 41.4. The van der Waals surface area contributed by atoms with Gasteiger partial charge in [0.15, 0.2) is 0 Å². The van der Waals surface area contributed by atoms with E-state index < -0.39 is 120 Å². The van der Waals surface area contributed by atoms with Crippen LogP contribution in [0.5, 0.6) is 5.75 Å². The third kappa shape index (κ3) is 15.1. The molecule has 3 fully saturated rings. The predicted molar refractivity (Wildman–Crippen MR) is 277 cm³/mol. The van der Waals surface area contributed by atoms with Gasteiger partial charge in [0.1, 0.15) is 48.0 Å². The standard InChI is InChI=1S/C50H68N10O12S2/c1-26(2)42(50(71)72)59-47(68)37-24-73-74-25-38(58-43(64)32(52)22-41(62)63)49(70)60-39-13-6-3-9-28(39)21-40(60)48(69)56-36(20-29-23-53-33-11-5-4-10-31(29)33)46(67)54-34(12-7-8-18-51)44(65)55-35(45(66)57-37)19-27-14-16-30(61)17-15-27/h4-5,10-11,14-17,23,26,28,32,34-40,42,53,61H,3,6-9,12-13,18-22,24-25,51-52H2,1-2H3,(H,54,67)(H,55,65)(H,56,69)(H,57,66)(H,58,64)(H,59,68)(H,62,63)(H,71,72)/t28?,32-,34-,35-,36-,37-,38-,39?,40?,42-/m0/s1. The van der Waals surface area contributed by atoms with Crippen molar-refractivity contribution in [2.45, 2.75) is 139 Å². The van der Waals surface area contributed by atoms with Crippen molar-refractivity contribution in [1.29, 1.82) is 0 Å². The lowest BCUT2D eigenvalue weighted by Gasteiger charge is -2.36. The summed E-state index contributed by atoms with van der Waals surface area (Å²) in [6.45, 7) is 3.44. The molecule has 6 rings (SSSR count). The monoisotopic (exact) mass is 1060 g/mol. The number of H-pyrrole nitrogens is 1. The average Bonchev–Trinajstić information content (AvgIpc) is 3.96. The maximum Gasteiger partial charge on any atom is 0.326 e. The molecule has 1 aliphatic carbocycles. The van der Waals surface area contributed by atoms with Gasteiger partial charge >= 0.3 is 11.9 Å². The maximum atomic E-state index is 15.1.